The summed E-state index contributed by atoms with van der Waals surface area (Å²) in [6, 6.07) is 6.46. The van der Waals surface area contributed by atoms with Crippen LogP contribution in [0.25, 0.3) is 11.4 Å². The van der Waals surface area contributed by atoms with Gasteiger partial charge in [0.2, 0.25) is 12.3 Å². The first-order chi connectivity index (χ1) is 17.4. The molecule has 1 aromatic heterocycles. The van der Waals surface area contributed by atoms with Crippen LogP contribution in [-0.4, -0.2) is 57.8 Å². The van der Waals surface area contributed by atoms with E-state index in [1.807, 2.05) is 32.0 Å². The lowest BCUT2D eigenvalue weighted by molar-refractivity contribution is -0.168. The third kappa shape index (κ3) is 8.01. The molecule has 0 saturated carbocycles. The minimum Gasteiger partial charge on any atom is -0.494 e. The van der Waals surface area contributed by atoms with Gasteiger partial charge in [0, 0.05) is 11.8 Å². The van der Waals surface area contributed by atoms with Gasteiger partial charge < -0.3 is 15.4 Å². The number of aryl methyl sites for hydroxylation is 1. The van der Waals surface area contributed by atoms with Gasteiger partial charge in [-0.25, -0.2) is 15.0 Å². The van der Waals surface area contributed by atoms with Gasteiger partial charge in [-0.15, -0.1) is 0 Å². The summed E-state index contributed by atoms with van der Waals surface area (Å²) in [5, 5.41) is 15.8. The van der Waals surface area contributed by atoms with E-state index in [-0.39, 0.29) is 18.3 Å². The van der Waals surface area contributed by atoms with Crippen molar-refractivity contribution < 1.29 is 24.3 Å². The molecule has 1 aromatic carbocycles. The van der Waals surface area contributed by atoms with Crippen LogP contribution in [-0.2, 0) is 9.59 Å². The van der Waals surface area contributed by atoms with Crippen LogP contribution in [0.1, 0.15) is 68.9 Å². The standard InChI is InChI=1S/C26H37N5O5/c1-5-8-9-10-20(22(6-2)31(35)17-32)25(33)28-16-29-26(34)21-13-14-27-24(30-21)19-12-11-18(4)23(15-19)36-7-3/h11-15,17,20,22,35H,5-10,16H2,1-4H3,(H,28,33)(H,29,34). The average molecular weight is 500 g/mol. The van der Waals surface area contributed by atoms with Gasteiger partial charge in [0.25, 0.3) is 5.91 Å². The second-order valence-corrected chi connectivity index (χ2v) is 8.47. The first-order valence-corrected chi connectivity index (χ1v) is 12.4. The van der Waals surface area contributed by atoms with Crippen LogP contribution in [0.2, 0.25) is 0 Å². The van der Waals surface area contributed by atoms with E-state index >= 15 is 0 Å². The van der Waals surface area contributed by atoms with Crippen LogP contribution in [0, 0.1) is 12.8 Å². The van der Waals surface area contributed by atoms with Gasteiger partial charge in [-0.05, 0) is 44.4 Å². The van der Waals surface area contributed by atoms with Gasteiger partial charge >= 0.3 is 0 Å². The van der Waals surface area contributed by atoms with Gasteiger partial charge in [0.1, 0.15) is 11.4 Å². The molecule has 3 N–H and O–H groups in total. The highest BCUT2D eigenvalue weighted by Gasteiger charge is 2.30. The van der Waals surface area contributed by atoms with E-state index < -0.39 is 17.9 Å². The largest absolute Gasteiger partial charge is 0.494 e. The van der Waals surface area contributed by atoms with Crippen molar-refractivity contribution >= 4 is 18.2 Å². The van der Waals surface area contributed by atoms with Crippen molar-refractivity contribution in [2.45, 2.75) is 65.8 Å². The lowest BCUT2D eigenvalue weighted by atomic mass is 9.90. The zero-order chi connectivity index (χ0) is 26.5. The fourth-order valence-electron chi connectivity index (χ4n) is 3.95. The summed E-state index contributed by atoms with van der Waals surface area (Å²) < 4.78 is 5.64. The molecular formula is C26H37N5O5. The molecule has 0 fully saturated rings. The van der Waals surface area contributed by atoms with E-state index in [1.54, 1.807) is 6.92 Å². The van der Waals surface area contributed by atoms with E-state index in [2.05, 4.69) is 27.5 Å². The maximum absolute atomic E-state index is 12.9. The Morgan fingerprint density at radius 2 is 1.94 bits per heavy atom. The Morgan fingerprint density at radius 3 is 2.61 bits per heavy atom. The lowest BCUT2D eigenvalue weighted by Crippen LogP contribution is -2.47. The van der Waals surface area contributed by atoms with Crippen LogP contribution in [0.15, 0.2) is 30.5 Å². The molecule has 2 unspecified atom stereocenters. The van der Waals surface area contributed by atoms with Crippen LogP contribution in [0.4, 0.5) is 0 Å². The molecule has 10 nitrogen and oxygen atoms in total. The Labute approximate surface area is 212 Å². The quantitative estimate of drug-likeness (QED) is 0.112. The molecule has 2 rings (SSSR count). The second-order valence-electron chi connectivity index (χ2n) is 8.47. The van der Waals surface area contributed by atoms with Crippen molar-refractivity contribution in [2.24, 2.45) is 5.92 Å². The van der Waals surface area contributed by atoms with Crippen LogP contribution >= 0.6 is 0 Å². The minimum absolute atomic E-state index is 0.122. The van der Waals surface area contributed by atoms with Crippen molar-refractivity contribution in [1.82, 2.24) is 25.7 Å². The van der Waals surface area contributed by atoms with Gasteiger partial charge in [0.05, 0.1) is 25.2 Å². The highest BCUT2D eigenvalue weighted by molar-refractivity contribution is 5.92. The van der Waals surface area contributed by atoms with Crippen molar-refractivity contribution in [2.75, 3.05) is 13.3 Å². The molecule has 0 aliphatic rings. The summed E-state index contributed by atoms with van der Waals surface area (Å²) in [4.78, 5) is 45.3. The predicted molar refractivity (Wildman–Crippen MR) is 135 cm³/mol. The summed E-state index contributed by atoms with van der Waals surface area (Å²) in [5.74, 6) is -0.300. The summed E-state index contributed by atoms with van der Waals surface area (Å²) in [5.41, 5.74) is 1.86. The monoisotopic (exact) mass is 499 g/mol. The van der Waals surface area contributed by atoms with E-state index in [1.165, 1.54) is 12.3 Å². The molecule has 2 atom stereocenters. The number of carbonyl (C=O) groups is 3. The Hall–Kier alpha value is -3.53. The van der Waals surface area contributed by atoms with Crippen molar-refractivity contribution in [3.05, 3.63) is 41.7 Å². The zero-order valence-corrected chi connectivity index (χ0v) is 21.5. The minimum atomic E-state index is -0.643. The molecule has 10 heteroatoms. The maximum atomic E-state index is 12.9. The fourth-order valence-corrected chi connectivity index (χ4v) is 3.95. The Balaban J connectivity index is 2.04. The molecule has 0 radical (unpaired) electrons. The van der Waals surface area contributed by atoms with E-state index in [4.69, 9.17) is 4.74 Å². The van der Waals surface area contributed by atoms with Crippen LogP contribution < -0.4 is 15.4 Å². The molecule has 1 heterocycles. The summed E-state index contributed by atoms with van der Waals surface area (Å²) in [6.07, 6.45) is 5.46. The number of carbonyl (C=O) groups excluding carboxylic acids is 3. The van der Waals surface area contributed by atoms with E-state index in [0.717, 1.165) is 36.1 Å². The molecule has 0 saturated heterocycles. The van der Waals surface area contributed by atoms with E-state index in [9.17, 15) is 19.6 Å². The maximum Gasteiger partial charge on any atom is 0.271 e. The zero-order valence-electron chi connectivity index (χ0n) is 21.5. The summed E-state index contributed by atoms with van der Waals surface area (Å²) in [7, 11) is 0. The topological polar surface area (TPSA) is 134 Å². The number of hydrogen-bond donors (Lipinski definition) is 3. The molecule has 0 bridgehead atoms. The molecule has 2 aromatic rings. The number of hydrogen-bond acceptors (Lipinski definition) is 7. The number of benzene rings is 1. The fraction of sp³-hybridized carbons (Fsp3) is 0.500. The third-order valence-corrected chi connectivity index (χ3v) is 5.93. The van der Waals surface area contributed by atoms with E-state index in [0.29, 0.717) is 36.7 Å². The molecule has 3 amide bonds. The smallest absolute Gasteiger partial charge is 0.271 e. The Kier molecular flexibility index (Phi) is 11.8. The number of ether oxygens (including phenoxy) is 1. The Morgan fingerprint density at radius 1 is 1.17 bits per heavy atom. The number of aromatic nitrogens is 2. The van der Waals surface area contributed by atoms with Gasteiger partial charge in [-0.3, -0.25) is 19.6 Å². The summed E-state index contributed by atoms with van der Waals surface area (Å²) >= 11 is 0. The predicted octanol–water partition coefficient (Wildman–Crippen LogP) is 3.48. The first-order valence-electron chi connectivity index (χ1n) is 12.4. The third-order valence-electron chi connectivity index (χ3n) is 5.93. The molecule has 0 aliphatic carbocycles. The molecule has 0 aliphatic heterocycles. The van der Waals surface area contributed by atoms with Crippen molar-refractivity contribution in [3.8, 4) is 17.1 Å². The number of unbranched alkanes of at least 4 members (excludes halogenated alkanes) is 2. The molecular weight excluding hydrogens is 462 g/mol. The number of nitrogens with one attached hydrogen (secondary N) is 2. The van der Waals surface area contributed by atoms with Crippen molar-refractivity contribution in [3.63, 3.8) is 0 Å². The second kappa shape index (κ2) is 14.8. The highest BCUT2D eigenvalue weighted by atomic mass is 16.5. The van der Waals surface area contributed by atoms with Crippen LogP contribution in [0.5, 0.6) is 5.75 Å². The Bertz CT molecular complexity index is 1020. The van der Waals surface area contributed by atoms with Crippen LogP contribution in [0.3, 0.4) is 0 Å². The SMILES string of the molecule is CCCCCC(C(=O)NCNC(=O)c1ccnc(-c2ccc(C)c(OCC)c2)n1)C(CC)N(O)C=O. The van der Waals surface area contributed by atoms with Crippen molar-refractivity contribution in [1.29, 1.82) is 0 Å². The molecule has 36 heavy (non-hydrogen) atoms. The summed E-state index contributed by atoms with van der Waals surface area (Å²) in [6.45, 7) is 8.12. The van der Waals surface area contributed by atoms with Gasteiger partial charge in [-0.2, -0.15) is 0 Å². The molecule has 196 valence electrons. The number of hydroxylamine groups is 2. The first kappa shape index (κ1) is 28.7. The number of nitrogens with zero attached hydrogens (tertiary/aromatic N) is 3. The number of amides is 3. The average Bonchev–Trinajstić information content (AvgIpc) is 2.89. The highest BCUT2D eigenvalue weighted by Crippen LogP contribution is 2.25. The molecule has 0 spiro atoms. The van der Waals surface area contributed by atoms with Gasteiger partial charge in [-0.1, -0.05) is 45.2 Å². The number of rotatable bonds is 15. The lowest BCUT2D eigenvalue weighted by Gasteiger charge is -2.29. The van der Waals surface area contributed by atoms with Gasteiger partial charge in [0.15, 0.2) is 5.82 Å². The normalized spacial score (nSPS) is 12.4.